The number of benzene rings is 1. The maximum Gasteiger partial charge on any atom is 0.303 e. The first-order valence-electron chi connectivity index (χ1n) is 6.35. The molecule has 0 atom stereocenters. The van der Waals surface area contributed by atoms with E-state index in [-0.39, 0.29) is 12.3 Å². The van der Waals surface area contributed by atoms with Crippen molar-refractivity contribution in [1.29, 1.82) is 0 Å². The zero-order valence-corrected chi connectivity index (χ0v) is 12.3. The molecule has 0 aliphatic rings. The van der Waals surface area contributed by atoms with E-state index in [4.69, 9.17) is 5.11 Å². The second-order valence-corrected chi connectivity index (χ2v) is 5.24. The molecule has 0 bridgehead atoms. The van der Waals surface area contributed by atoms with Crippen molar-refractivity contribution in [3.8, 4) is 0 Å². The number of unbranched alkanes of at least 4 members (excludes halogenated alkanes) is 3. The Bertz CT molecular complexity index is 417. The average molecular weight is 328 g/mol. The van der Waals surface area contributed by atoms with Crippen LogP contribution >= 0.6 is 15.9 Å². The lowest BCUT2D eigenvalue weighted by atomic mass is 10.1. The maximum absolute atomic E-state index is 11.7. The van der Waals surface area contributed by atoms with E-state index >= 15 is 0 Å². The van der Waals surface area contributed by atoms with Gasteiger partial charge in [0.25, 0.3) is 5.91 Å². The van der Waals surface area contributed by atoms with Crippen LogP contribution in [-0.4, -0.2) is 23.5 Å². The Hall–Kier alpha value is -1.36. The van der Waals surface area contributed by atoms with Gasteiger partial charge in [-0.25, -0.2) is 0 Å². The van der Waals surface area contributed by atoms with Crippen molar-refractivity contribution in [2.24, 2.45) is 0 Å². The molecule has 5 heteroatoms. The van der Waals surface area contributed by atoms with E-state index < -0.39 is 5.97 Å². The van der Waals surface area contributed by atoms with Gasteiger partial charge in [0.2, 0.25) is 0 Å². The van der Waals surface area contributed by atoms with E-state index in [1.54, 1.807) is 12.1 Å². The van der Waals surface area contributed by atoms with Gasteiger partial charge in [0.05, 0.1) is 0 Å². The lowest BCUT2D eigenvalue weighted by Gasteiger charge is -2.05. The fourth-order valence-electron chi connectivity index (χ4n) is 1.66. The second-order valence-electron chi connectivity index (χ2n) is 4.32. The quantitative estimate of drug-likeness (QED) is 0.720. The van der Waals surface area contributed by atoms with Crippen LogP contribution in [-0.2, 0) is 4.79 Å². The van der Waals surface area contributed by atoms with E-state index in [1.165, 1.54) is 0 Å². The molecule has 4 nitrogen and oxygen atoms in total. The number of carbonyl (C=O) groups excluding carboxylic acids is 1. The van der Waals surface area contributed by atoms with E-state index in [0.29, 0.717) is 18.5 Å². The third-order valence-corrected chi connectivity index (χ3v) is 3.24. The molecule has 1 aromatic rings. The summed E-state index contributed by atoms with van der Waals surface area (Å²) in [6.07, 6.45) is 3.64. The topological polar surface area (TPSA) is 66.4 Å². The van der Waals surface area contributed by atoms with E-state index in [9.17, 15) is 9.59 Å². The number of halogens is 1. The van der Waals surface area contributed by atoms with Gasteiger partial charge in [-0.2, -0.15) is 0 Å². The normalized spacial score (nSPS) is 10.2. The summed E-state index contributed by atoms with van der Waals surface area (Å²) in [6.45, 7) is 0.627. The number of nitrogens with one attached hydrogen (secondary N) is 1. The molecule has 0 aliphatic heterocycles. The monoisotopic (exact) mass is 327 g/mol. The van der Waals surface area contributed by atoms with Crippen molar-refractivity contribution in [1.82, 2.24) is 5.32 Å². The largest absolute Gasteiger partial charge is 0.481 e. The predicted octanol–water partition coefficient (Wildman–Crippen LogP) is 3.21. The highest BCUT2D eigenvalue weighted by molar-refractivity contribution is 9.10. The van der Waals surface area contributed by atoms with Crippen molar-refractivity contribution < 1.29 is 14.7 Å². The van der Waals surface area contributed by atoms with Gasteiger partial charge in [0, 0.05) is 23.0 Å². The van der Waals surface area contributed by atoms with Gasteiger partial charge in [-0.15, -0.1) is 0 Å². The summed E-state index contributed by atoms with van der Waals surface area (Å²) < 4.78 is 0.947. The second kappa shape index (κ2) is 8.69. The molecule has 0 aromatic heterocycles. The molecule has 1 rings (SSSR count). The number of amides is 1. The minimum Gasteiger partial charge on any atom is -0.481 e. The Labute approximate surface area is 121 Å². The summed E-state index contributed by atoms with van der Waals surface area (Å²) in [5, 5.41) is 11.3. The van der Waals surface area contributed by atoms with Gasteiger partial charge in [0.1, 0.15) is 0 Å². The molecule has 0 radical (unpaired) electrons. The fourth-order valence-corrected chi connectivity index (χ4v) is 1.92. The Kier molecular flexibility index (Phi) is 7.18. The van der Waals surface area contributed by atoms with Gasteiger partial charge in [-0.05, 0) is 37.1 Å². The summed E-state index contributed by atoms with van der Waals surface area (Å²) in [5.74, 6) is -0.818. The number of aliphatic carboxylic acids is 1. The molecular weight excluding hydrogens is 310 g/mol. The van der Waals surface area contributed by atoms with Gasteiger partial charge < -0.3 is 10.4 Å². The lowest BCUT2D eigenvalue weighted by molar-refractivity contribution is -0.137. The highest BCUT2D eigenvalue weighted by Crippen LogP contribution is 2.10. The molecule has 0 saturated carbocycles. The van der Waals surface area contributed by atoms with Crippen LogP contribution in [0.3, 0.4) is 0 Å². The molecule has 0 spiro atoms. The van der Waals surface area contributed by atoms with Crippen molar-refractivity contribution in [2.75, 3.05) is 6.54 Å². The minimum atomic E-state index is -0.747. The Balaban J connectivity index is 2.11. The highest BCUT2D eigenvalue weighted by atomic mass is 79.9. The fraction of sp³-hybridized carbons (Fsp3) is 0.429. The van der Waals surface area contributed by atoms with Gasteiger partial charge in [-0.3, -0.25) is 9.59 Å². The van der Waals surface area contributed by atoms with E-state index in [0.717, 1.165) is 23.7 Å². The van der Waals surface area contributed by atoms with Crippen molar-refractivity contribution in [2.45, 2.75) is 32.1 Å². The molecule has 1 aromatic carbocycles. The summed E-state index contributed by atoms with van der Waals surface area (Å²) in [6, 6.07) is 7.21. The Morgan fingerprint density at radius 3 is 2.32 bits per heavy atom. The summed E-state index contributed by atoms with van der Waals surface area (Å²) >= 11 is 3.32. The third kappa shape index (κ3) is 6.96. The number of carboxylic acid groups (broad SMARTS) is 1. The molecule has 1 amide bonds. The maximum atomic E-state index is 11.7. The van der Waals surface area contributed by atoms with E-state index in [1.807, 2.05) is 12.1 Å². The van der Waals surface area contributed by atoms with Crippen molar-refractivity contribution >= 4 is 27.8 Å². The molecule has 0 unspecified atom stereocenters. The van der Waals surface area contributed by atoms with Crippen LogP contribution in [0.15, 0.2) is 28.7 Å². The van der Waals surface area contributed by atoms with Gasteiger partial charge in [0.15, 0.2) is 0 Å². The molecule has 2 N–H and O–H groups in total. The van der Waals surface area contributed by atoms with Crippen LogP contribution in [0.1, 0.15) is 42.5 Å². The number of hydrogen-bond acceptors (Lipinski definition) is 2. The Morgan fingerprint density at radius 2 is 1.68 bits per heavy atom. The molecule has 0 heterocycles. The van der Waals surface area contributed by atoms with Crippen LogP contribution < -0.4 is 5.32 Å². The number of carboxylic acids is 1. The number of hydrogen-bond donors (Lipinski definition) is 2. The number of rotatable bonds is 8. The molecular formula is C14H18BrNO3. The van der Waals surface area contributed by atoms with E-state index in [2.05, 4.69) is 21.2 Å². The molecule has 104 valence electrons. The van der Waals surface area contributed by atoms with Crippen LogP contribution in [0, 0.1) is 0 Å². The van der Waals surface area contributed by atoms with Crippen LogP contribution in [0.4, 0.5) is 0 Å². The van der Waals surface area contributed by atoms with Crippen LogP contribution in [0.5, 0.6) is 0 Å². The van der Waals surface area contributed by atoms with Crippen LogP contribution in [0.25, 0.3) is 0 Å². The number of carbonyl (C=O) groups is 2. The summed E-state index contributed by atoms with van der Waals surface area (Å²) in [5.41, 5.74) is 0.647. The standard InChI is InChI=1S/C14H18BrNO3/c15-12-8-6-11(7-9-12)14(19)16-10-4-2-1-3-5-13(17)18/h6-9H,1-5,10H2,(H,16,19)(H,17,18). The highest BCUT2D eigenvalue weighted by Gasteiger charge is 2.03. The zero-order valence-electron chi connectivity index (χ0n) is 10.7. The Morgan fingerprint density at radius 1 is 1.05 bits per heavy atom. The molecule has 0 aliphatic carbocycles. The average Bonchev–Trinajstić information content (AvgIpc) is 2.38. The molecule has 0 fully saturated rings. The summed E-state index contributed by atoms with van der Waals surface area (Å²) in [4.78, 5) is 22.0. The zero-order chi connectivity index (χ0) is 14.1. The molecule has 0 saturated heterocycles. The first-order valence-corrected chi connectivity index (χ1v) is 7.14. The first-order chi connectivity index (χ1) is 9.09. The van der Waals surface area contributed by atoms with Gasteiger partial charge >= 0.3 is 5.97 Å². The van der Waals surface area contributed by atoms with Crippen molar-refractivity contribution in [3.05, 3.63) is 34.3 Å². The predicted molar refractivity (Wildman–Crippen MR) is 77.2 cm³/mol. The molecule has 19 heavy (non-hydrogen) atoms. The third-order valence-electron chi connectivity index (χ3n) is 2.71. The van der Waals surface area contributed by atoms with Crippen LogP contribution in [0.2, 0.25) is 0 Å². The smallest absolute Gasteiger partial charge is 0.303 e. The van der Waals surface area contributed by atoms with Gasteiger partial charge in [-0.1, -0.05) is 28.8 Å². The minimum absolute atomic E-state index is 0.0713. The lowest BCUT2D eigenvalue weighted by Crippen LogP contribution is -2.24. The summed E-state index contributed by atoms with van der Waals surface area (Å²) in [7, 11) is 0. The van der Waals surface area contributed by atoms with Crippen molar-refractivity contribution in [3.63, 3.8) is 0 Å². The SMILES string of the molecule is O=C(O)CCCCCCNC(=O)c1ccc(Br)cc1. The first kappa shape index (κ1) is 15.7.